The molecule has 2 rings (SSSR count). The van der Waals surface area contributed by atoms with Crippen LogP contribution in [0.4, 0.5) is 0 Å². The van der Waals surface area contributed by atoms with E-state index in [9.17, 15) is 4.79 Å². The van der Waals surface area contributed by atoms with Gasteiger partial charge in [-0.25, -0.2) is 0 Å². The van der Waals surface area contributed by atoms with Crippen LogP contribution in [0, 0.1) is 0 Å². The van der Waals surface area contributed by atoms with Crippen molar-refractivity contribution in [2.75, 3.05) is 12.3 Å². The zero-order valence-corrected chi connectivity index (χ0v) is 14.2. The van der Waals surface area contributed by atoms with Crippen LogP contribution < -0.4 is 5.32 Å². The first-order valence-electron chi connectivity index (χ1n) is 7.23. The maximum atomic E-state index is 12.4. The zero-order valence-electron chi connectivity index (χ0n) is 12.7. The van der Waals surface area contributed by atoms with Gasteiger partial charge in [-0.15, -0.1) is 22.0 Å². The van der Waals surface area contributed by atoms with Crippen molar-refractivity contribution in [2.24, 2.45) is 0 Å². The van der Waals surface area contributed by atoms with Gasteiger partial charge in [0.25, 0.3) is 5.91 Å². The van der Waals surface area contributed by atoms with Gasteiger partial charge in [0.2, 0.25) is 0 Å². The molecule has 2 aromatic rings. The fourth-order valence-corrected chi connectivity index (χ4v) is 3.04. The second-order valence-electron chi connectivity index (χ2n) is 4.62. The Morgan fingerprint density at radius 3 is 2.95 bits per heavy atom. The lowest BCUT2D eigenvalue weighted by Crippen LogP contribution is -2.28. The van der Waals surface area contributed by atoms with Crippen molar-refractivity contribution in [3.05, 3.63) is 40.9 Å². The fraction of sp³-hybridized carbons (Fsp3) is 0.400. The smallest absolute Gasteiger partial charge is 0.252 e. The van der Waals surface area contributed by atoms with E-state index in [4.69, 9.17) is 11.6 Å². The summed E-state index contributed by atoms with van der Waals surface area (Å²) < 4.78 is 1.94. The van der Waals surface area contributed by atoms with Gasteiger partial charge in [-0.3, -0.25) is 4.79 Å². The lowest BCUT2D eigenvalue weighted by Gasteiger charge is -2.11. The number of nitrogens with zero attached hydrogens (tertiary/aromatic N) is 3. The molecule has 0 radical (unpaired) electrons. The quantitative estimate of drug-likeness (QED) is 0.788. The Bertz CT molecular complexity index is 644. The molecule has 118 valence electrons. The Kier molecular flexibility index (Phi) is 6.27. The molecule has 22 heavy (non-hydrogen) atoms. The summed E-state index contributed by atoms with van der Waals surface area (Å²) >= 11 is 7.64. The van der Waals surface area contributed by atoms with Crippen LogP contribution in [0.25, 0.3) is 0 Å². The fourth-order valence-electron chi connectivity index (χ4n) is 2.09. The van der Waals surface area contributed by atoms with E-state index >= 15 is 0 Å². The molecule has 0 aliphatic heterocycles. The summed E-state index contributed by atoms with van der Waals surface area (Å²) in [6.07, 6.45) is 2.50. The largest absolute Gasteiger partial charge is 0.350 e. The molecule has 1 amide bonds. The number of carbonyl (C=O) groups is 1. The molecule has 1 N–H and O–H groups in total. The third-order valence-corrected chi connectivity index (χ3v) is 4.33. The number of hydrogen-bond donors (Lipinski definition) is 1. The van der Waals surface area contributed by atoms with Gasteiger partial charge in [-0.2, -0.15) is 0 Å². The summed E-state index contributed by atoms with van der Waals surface area (Å²) in [7, 11) is 0. The lowest BCUT2D eigenvalue weighted by molar-refractivity contribution is 0.0949. The van der Waals surface area contributed by atoms with E-state index in [-0.39, 0.29) is 5.91 Å². The number of aromatic nitrogens is 3. The Labute approximate surface area is 139 Å². The molecule has 0 bridgehead atoms. The Morgan fingerprint density at radius 2 is 2.23 bits per heavy atom. The molecule has 0 unspecified atom stereocenters. The van der Waals surface area contributed by atoms with Crippen molar-refractivity contribution >= 4 is 29.3 Å². The highest BCUT2D eigenvalue weighted by atomic mass is 35.5. The minimum atomic E-state index is -0.107. The van der Waals surface area contributed by atoms with E-state index in [0.29, 0.717) is 23.7 Å². The molecule has 0 atom stereocenters. The van der Waals surface area contributed by atoms with Gasteiger partial charge in [0.1, 0.15) is 12.2 Å². The van der Waals surface area contributed by atoms with E-state index in [2.05, 4.69) is 22.4 Å². The van der Waals surface area contributed by atoms with Crippen molar-refractivity contribution in [3.63, 3.8) is 0 Å². The summed E-state index contributed by atoms with van der Waals surface area (Å²) in [5, 5.41) is 11.4. The van der Waals surface area contributed by atoms with Gasteiger partial charge in [-0.05, 0) is 24.0 Å². The number of carbonyl (C=O) groups excluding carboxylic acids is 1. The van der Waals surface area contributed by atoms with Crippen LogP contribution in [0.15, 0.2) is 29.4 Å². The number of halogens is 1. The minimum Gasteiger partial charge on any atom is -0.350 e. The molecular formula is C15H19ClN4OS. The van der Waals surface area contributed by atoms with Crippen molar-refractivity contribution in [2.45, 2.75) is 31.7 Å². The molecule has 0 saturated carbocycles. The molecule has 1 heterocycles. The van der Waals surface area contributed by atoms with E-state index in [1.807, 2.05) is 17.6 Å². The molecule has 1 aromatic carbocycles. The Morgan fingerprint density at radius 1 is 1.41 bits per heavy atom. The van der Waals surface area contributed by atoms with Crippen LogP contribution in [0.1, 0.15) is 30.0 Å². The molecule has 1 aromatic heterocycles. The van der Waals surface area contributed by atoms with Crippen LogP contribution in [0.3, 0.4) is 0 Å². The number of hydrogen-bond acceptors (Lipinski definition) is 4. The number of rotatable bonds is 7. The van der Waals surface area contributed by atoms with Gasteiger partial charge in [0.05, 0.1) is 5.56 Å². The van der Waals surface area contributed by atoms with Crippen molar-refractivity contribution in [1.29, 1.82) is 0 Å². The molecule has 0 spiro atoms. The van der Waals surface area contributed by atoms with Crippen LogP contribution in [-0.4, -0.2) is 33.0 Å². The second kappa shape index (κ2) is 8.19. The highest BCUT2D eigenvalue weighted by molar-refractivity contribution is 7.99. The average Bonchev–Trinajstić information content (AvgIpc) is 2.96. The SMILES string of the molecule is CCSc1ccc(Cl)cc1C(=O)NCCn1cnnc1CC. The normalized spacial score (nSPS) is 10.7. The predicted molar refractivity (Wildman–Crippen MR) is 89.6 cm³/mol. The van der Waals surface area contributed by atoms with Gasteiger partial charge in [0.15, 0.2) is 0 Å². The minimum absolute atomic E-state index is 0.107. The van der Waals surface area contributed by atoms with Crippen molar-refractivity contribution in [1.82, 2.24) is 20.1 Å². The summed E-state index contributed by atoms with van der Waals surface area (Å²) in [6.45, 7) is 5.25. The number of aryl methyl sites for hydroxylation is 1. The van der Waals surface area contributed by atoms with Crippen LogP contribution in [-0.2, 0) is 13.0 Å². The van der Waals surface area contributed by atoms with Crippen LogP contribution in [0.2, 0.25) is 5.02 Å². The number of nitrogens with one attached hydrogen (secondary N) is 1. The summed E-state index contributed by atoms with van der Waals surface area (Å²) in [6, 6.07) is 5.41. The maximum Gasteiger partial charge on any atom is 0.252 e. The topological polar surface area (TPSA) is 59.8 Å². The lowest BCUT2D eigenvalue weighted by atomic mass is 10.2. The Hall–Kier alpha value is -1.53. The van der Waals surface area contributed by atoms with E-state index in [1.165, 1.54) is 0 Å². The van der Waals surface area contributed by atoms with E-state index < -0.39 is 0 Å². The average molecular weight is 339 g/mol. The van der Waals surface area contributed by atoms with E-state index in [0.717, 1.165) is 22.9 Å². The van der Waals surface area contributed by atoms with Gasteiger partial charge >= 0.3 is 0 Å². The molecule has 5 nitrogen and oxygen atoms in total. The monoisotopic (exact) mass is 338 g/mol. The van der Waals surface area contributed by atoms with Crippen LogP contribution in [0.5, 0.6) is 0 Å². The van der Waals surface area contributed by atoms with Gasteiger partial charge in [-0.1, -0.05) is 25.4 Å². The molecule has 0 aliphatic carbocycles. The first-order valence-corrected chi connectivity index (χ1v) is 8.59. The first kappa shape index (κ1) is 16.8. The second-order valence-corrected chi connectivity index (χ2v) is 6.37. The molecular weight excluding hydrogens is 320 g/mol. The van der Waals surface area contributed by atoms with Crippen LogP contribution >= 0.6 is 23.4 Å². The molecule has 7 heteroatoms. The van der Waals surface area contributed by atoms with Gasteiger partial charge in [0, 0.05) is 29.4 Å². The summed E-state index contributed by atoms with van der Waals surface area (Å²) in [5.74, 6) is 1.71. The van der Waals surface area contributed by atoms with Gasteiger partial charge < -0.3 is 9.88 Å². The summed E-state index contributed by atoms with van der Waals surface area (Å²) in [4.78, 5) is 13.3. The molecule has 0 fully saturated rings. The molecule has 0 saturated heterocycles. The number of thioether (sulfide) groups is 1. The highest BCUT2D eigenvalue weighted by Gasteiger charge is 2.12. The highest BCUT2D eigenvalue weighted by Crippen LogP contribution is 2.25. The predicted octanol–water partition coefficient (Wildman–Crippen LogP) is 3.04. The van der Waals surface area contributed by atoms with Crippen molar-refractivity contribution < 1.29 is 4.79 Å². The van der Waals surface area contributed by atoms with E-state index in [1.54, 1.807) is 30.2 Å². The summed E-state index contributed by atoms with van der Waals surface area (Å²) in [5.41, 5.74) is 0.624. The first-order chi connectivity index (χ1) is 10.7. The Balaban J connectivity index is 1.99. The number of amides is 1. The van der Waals surface area contributed by atoms with Crippen molar-refractivity contribution in [3.8, 4) is 0 Å². The third-order valence-electron chi connectivity index (χ3n) is 3.14. The standard InChI is InChI=1S/C15H19ClN4OS/c1-3-14-19-18-10-20(14)8-7-17-15(21)12-9-11(16)5-6-13(12)22-4-2/h5-6,9-10H,3-4,7-8H2,1-2H3,(H,17,21). The molecule has 0 aliphatic rings. The number of benzene rings is 1. The maximum absolute atomic E-state index is 12.4. The third kappa shape index (κ3) is 4.24. The zero-order chi connectivity index (χ0) is 15.9.